The fourth-order valence-electron chi connectivity index (χ4n) is 2.73. The number of ether oxygens (including phenoxy) is 1. The van der Waals surface area contributed by atoms with Crippen molar-refractivity contribution in [1.82, 2.24) is 10.3 Å². The van der Waals surface area contributed by atoms with Crippen LogP contribution < -0.4 is 15.0 Å². The Bertz CT molecular complexity index is 408. The van der Waals surface area contributed by atoms with E-state index in [0.29, 0.717) is 18.6 Å². The van der Waals surface area contributed by atoms with Crippen LogP contribution in [0, 0.1) is 5.92 Å². The molecule has 20 heavy (non-hydrogen) atoms. The second-order valence-electron chi connectivity index (χ2n) is 5.80. The van der Waals surface area contributed by atoms with E-state index in [1.54, 1.807) is 0 Å². The van der Waals surface area contributed by atoms with Crippen molar-refractivity contribution >= 4 is 5.82 Å². The van der Waals surface area contributed by atoms with E-state index >= 15 is 0 Å². The zero-order chi connectivity index (χ0) is 14.4. The summed E-state index contributed by atoms with van der Waals surface area (Å²) >= 11 is 0. The van der Waals surface area contributed by atoms with Gasteiger partial charge in [0.2, 0.25) is 0 Å². The van der Waals surface area contributed by atoms with Crippen LogP contribution in [0.3, 0.4) is 0 Å². The van der Waals surface area contributed by atoms with E-state index in [-0.39, 0.29) is 0 Å². The number of hydrogen-bond acceptors (Lipinski definition) is 4. The lowest BCUT2D eigenvalue weighted by molar-refractivity contribution is 0.338. The predicted molar refractivity (Wildman–Crippen MR) is 83.5 cm³/mol. The van der Waals surface area contributed by atoms with Crippen LogP contribution in [0.5, 0.6) is 5.75 Å². The SMILES string of the molecule is CCOc1cccnc1N1CCCC1CNCC(C)C. The Morgan fingerprint density at radius 3 is 3.10 bits per heavy atom. The first-order chi connectivity index (χ1) is 9.72. The molecule has 2 rings (SSSR count). The van der Waals surface area contributed by atoms with Crippen LogP contribution in [0.25, 0.3) is 0 Å². The van der Waals surface area contributed by atoms with Gasteiger partial charge in [0.25, 0.3) is 0 Å². The normalized spacial score (nSPS) is 18.8. The van der Waals surface area contributed by atoms with E-state index in [1.807, 2.05) is 25.3 Å². The molecular formula is C16H27N3O. The van der Waals surface area contributed by atoms with Gasteiger partial charge in [-0.3, -0.25) is 0 Å². The quantitative estimate of drug-likeness (QED) is 0.831. The maximum atomic E-state index is 5.72. The Morgan fingerprint density at radius 1 is 1.50 bits per heavy atom. The number of anilines is 1. The van der Waals surface area contributed by atoms with Gasteiger partial charge in [-0.05, 0) is 44.4 Å². The van der Waals surface area contributed by atoms with Crippen molar-refractivity contribution < 1.29 is 4.74 Å². The van der Waals surface area contributed by atoms with Gasteiger partial charge in [-0.2, -0.15) is 0 Å². The summed E-state index contributed by atoms with van der Waals surface area (Å²) < 4.78 is 5.72. The van der Waals surface area contributed by atoms with Crippen molar-refractivity contribution in [3.8, 4) is 5.75 Å². The highest BCUT2D eigenvalue weighted by Gasteiger charge is 2.27. The van der Waals surface area contributed by atoms with Gasteiger partial charge in [0.15, 0.2) is 11.6 Å². The molecule has 4 heteroatoms. The molecule has 1 aliphatic heterocycles. The molecule has 1 aromatic rings. The highest BCUT2D eigenvalue weighted by molar-refractivity contribution is 5.53. The van der Waals surface area contributed by atoms with Crippen molar-refractivity contribution in [2.24, 2.45) is 5.92 Å². The summed E-state index contributed by atoms with van der Waals surface area (Å²) in [5.74, 6) is 2.60. The van der Waals surface area contributed by atoms with Crippen molar-refractivity contribution in [1.29, 1.82) is 0 Å². The topological polar surface area (TPSA) is 37.4 Å². The number of nitrogens with one attached hydrogen (secondary N) is 1. The van der Waals surface area contributed by atoms with Crippen molar-refractivity contribution in [3.05, 3.63) is 18.3 Å². The molecule has 1 N–H and O–H groups in total. The maximum Gasteiger partial charge on any atom is 0.171 e. The summed E-state index contributed by atoms with van der Waals surface area (Å²) in [6.45, 7) is 10.4. The first kappa shape index (κ1) is 15.1. The largest absolute Gasteiger partial charge is 0.490 e. The van der Waals surface area contributed by atoms with Crippen LogP contribution in [-0.4, -0.2) is 37.3 Å². The zero-order valence-electron chi connectivity index (χ0n) is 12.9. The molecule has 1 unspecified atom stereocenters. The van der Waals surface area contributed by atoms with Gasteiger partial charge in [0.1, 0.15) is 0 Å². The van der Waals surface area contributed by atoms with Crippen LogP contribution in [0.2, 0.25) is 0 Å². The van der Waals surface area contributed by atoms with Gasteiger partial charge < -0.3 is 15.0 Å². The summed E-state index contributed by atoms with van der Waals surface area (Å²) in [5.41, 5.74) is 0. The maximum absolute atomic E-state index is 5.72. The van der Waals surface area contributed by atoms with Gasteiger partial charge in [-0.1, -0.05) is 13.8 Å². The molecule has 0 amide bonds. The minimum atomic E-state index is 0.530. The van der Waals surface area contributed by atoms with Gasteiger partial charge in [0, 0.05) is 25.3 Å². The highest BCUT2D eigenvalue weighted by Crippen LogP contribution is 2.31. The lowest BCUT2D eigenvalue weighted by Crippen LogP contribution is -2.39. The molecule has 112 valence electrons. The molecule has 1 atom stereocenters. The molecule has 1 aliphatic rings. The third kappa shape index (κ3) is 3.85. The van der Waals surface area contributed by atoms with Crippen LogP contribution in [0.15, 0.2) is 18.3 Å². The highest BCUT2D eigenvalue weighted by atomic mass is 16.5. The van der Waals surface area contributed by atoms with Crippen molar-refractivity contribution in [2.45, 2.75) is 39.7 Å². The van der Waals surface area contributed by atoms with Gasteiger partial charge in [0.05, 0.1) is 6.61 Å². The van der Waals surface area contributed by atoms with Crippen LogP contribution >= 0.6 is 0 Å². The van der Waals surface area contributed by atoms with Crippen LogP contribution in [0.4, 0.5) is 5.82 Å². The van der Waals surface area contributed by atoms with Crippen LogP contribution in [0.1, 0.15) is 33.6 Å². The van der Waals surface area contributed by atoms with Gasteiger partial charge in [-0.25, -0.2) is 4.98 Å². The smallest absolute Gasteiger partial charge is 0.171 e. The molecule has 1 aromatic heterocycles. The molecule has 0 aliphatic carbocycles. The first-order valence-corrected chi connectivity index (χ1v) is 7.77. The minimum Gasteiger partial charge on any atom is -0.490 e. The minimum absolute atomic E-state index is 0.530. The molecule has 0 bridgehead atoms. The number of aromatic nitrogens is 1. The van der Waals surface area contributed by atoms with Gasteiger partial charge in [-0.15, -0.1) is 0 Å². The molecule has 0 saturated carbocycles. The Kier molecular flexibility index (Phi) is 5.65. The lowest BCUT2D eigenvalue weighted by Gasteiger charge is -2.27. The average molecular weight is 277 g/mol. The molecular weight excluding hydrogens is 250 g/mol. The standard InChI is InChI=1S/C16H27N3O/c1-4-20-15-8-5-9-18-16(15)19-10-6-7-14(19)12-17-11-13(2)3/h5,8-9,13-14,17H,4,6-7,10-12H2,1-3H3. The zero-order valence-corrected chi connectivity index (χ0v) is 12.9. The molecule has 0 aromatic carbocycles. The lowest BCUT2D eigenvalue weighted by atomic mass is 10.2. The Labute approximate surface area is 122 Å². The van der Waals surface area contributed by atoms with Crippen molar-refractivity contribution in [3.63, 3.8) is 0 Å². The molecule has 0 radical (unpaired) electrons. The second kappa shape index (κ2) is 7.48. The monoisotopic (exact) mass is 277 g/mol. The van der Waals surface area contributed by atoms with E-state index in [2.05, 4.69) is 29.0 Å². The molecule has 2 heterocycles. The van der Waals surface area contributed by atoms with E-state index in [1.165, 1.54) is 12.8 Å². The Morgan fingerprint density at radius 2 is 2.35 bits per heavy atom. The molecule has 1 saturated heterocycles. The van der Waals surface area contributed by atoms with E-state index in [9.17, 15) is 0 Å². The molecule has 0 spiro atoms. The molecule has 1 fully saturated rings. The number of nitrogens with zero attached hydrogens (tertiary/aromatic N) is 2. The number of pyridine rings is 1. The first-order valence-electron chi connectivity index (χ1n) is 7.77. The fraction of sp³-hybridized carbons (Fsp3) is 0.688. The third-order valence-electron chi connectivity index (χ3n) is 3.63. The Balaban J connectivity index is 2.02. The summed E-state index contributed by atoms with van der Waals surface area (Å²) in [7, 11) is 0. The number of hydrogen-bond donors (Lipinski definition) is 1. The van der Waals surface area contributed by atoms with Crippen molar-refractivity contribution in [2.75, 3.05) is 31.1 Å². The third-order valence-corrected chi connectivity index (χ3v) is 3.63. The fourth-order valence-corrected chi connectivity index (χ4v) is 2.73. The van der Waals surface area contributed by atoms with Gasteiger partial charge >= 0.3 is 0 Å². The van der Waals surface area contributed by atoms with E-state index < -0.39 is 0 Å². The number of rotatable bonds is 7. The summed E-state index contributed by atoms with van der Waals surface area (Å²) in [4.78, 5) is 6.95. The predicted octanol–water partition coefficient (Wildman–Crippen LogP) is 2.69. The second-order valence-corrected chi connectivity index (χ2v) is 5.80. The summed E-state index contributed by atoms with van der Waals surface area (Å²) in [6, 6.07) is 4.49. The van der Waals surface area contributed by atoms with E-state index in [4.69, 9.17) is 4.74 Å². The summed E-state index contributed by atoms with van der Waals surface area (Å²) in [5, 5.41) is 3.57. The Hall–Kier alpha value is -1.29. The van der Waals surface area contributed by atoms with Crippen LogP contribution in [-0.2, 0) is 0 Å². The van der Waals surface area contributed by atoms with E-state index in [0.717, 1.165) is 31.2 Å². The average Bonchev–Trinajstić information content (AvgIpc) is 2.88. The summed E-state index contributed by atoms with van der Waals surface area (Å²) in [6.07, 6.45) is 4.32. The molecule has 4 nitrogen and oxygen atoms in total.